The van der Waals surface area contributed by atoms with Gasteiger partial charge in [-0.2, -0.15) is 0 Å². The second-order valence-corrected chi connectivity index (χ2v) is 10.5. The van der Waals surface area contributed by atoms with Gasteiger partial charge in [-0.15, -0.1) is 0 Å². The molecular formula is C29H45NO5. The van der Waals surface area contributed by atoms with Crippen molar-refractivity contribution in [2.24, 2.45) is 5.92 Å². The standard InChI is InChI=1S/C21H31NO4.C8H14O/c1-2-26-21(25)18-19(23)16-12-8-3-4-9-13-17(16)22(20(18)24)14-15-10-6-5-7-11-15;9-8-6-4-2-1-3-5-7-8/h15,23H,2-14H2,1H3;1-7H2. The van der Waals surface area contributed by atoms with Gasteiger partial charge in [-0.05, 0) is 64.2 Å². The van der Waals surface area contributed by atoms with Crippen LogP contribution >= 0.6 is 0 Å². The number of esters is 1. The number of aromatic hydroxyl groups is 1. The number of aromatic nitrogens is 1. The third-order valence-electron chi connectivity index (χ3n) is 7.80. The summed E-state index contributed by atoms with van der Waals surface area (Å²) in [6, 6.07) is 0. The molecule has 3 aliphatic rings. The Kier molecular flexibility index (Phi) is 11.3. The number of carbonyl (C=O) groups is 2. The summed E-state index contributed by atoms with van der Waals surface area (Å²) in [5.41, 5.74) is 1.21. The van der Waals surface area contributed by atoms with Crippen LogP contribution in [0.1, 0.15) is 131 Å². The van der Waals surface area contributed by atoms with Crippen molar-refractivity contribution in [3.63, 3.8) is 0 Å². The molecule has 3 aliphatic carbocycles. The summed E-state index contributed by atoms with van der Waals surface area (Å²) in [7, 11) is 0. The topological polar surface area (TPSA) is 85.6 Å². The summed E-state index contributed by atoms with van der Waals surface area (Å²) < 4.78 is 6.88. The first-order valence-corrected chi connectivity index (χ1v) is 14.2. The van der Waals surface area contributed by atoms with E-state index >= 15 is 0 Å². The monoisotopic (exact) mass is 487 g/mol. The molecule has 0 bridgehead atoms. The summed E-state index contributed by atoms with van der Waals surface area (Å²) >= 11 is 0. The summed E-state index contributed by atoms with van der Waals surface area (Å²) in [6.07, 6.45) is 19.6. The second kappa shape index (κ2) is 14.4. The highest BCUT2D eigenvalue weighted by Crippen LogP contribution is 2.31. The number of ketones is 1. The number of pyridine rings is 1. The highest BCUT2D eigenvalue weighted by Gasteiger charge is 2.28. The molecule has 6 nitrogen and oxygen atoms in total. The van der Waals surface area contributed by atoms with E-state index < -0.39 is 5.97 Å². The largest absolute Gasteiger partial charge is 0.506 e. The summed E-state index contributed by atoms with van der Waals surface area (Å²) in [5.74, 6) is 0.132. The first-order valence-electron chi connectivity index (χ1n) is 14.2. The molecule has 0 amide bonds. The van der Waals surface area contributed by atoms with Crippen LogP contribution < -0.4 is 5.56 Å². The fourth-order valence-electron chi connectivity index (χ4n) is 5.81. The highest BCUT2D eigenvalue weighted by molar-refractivity contribution is 5.92. The normalized spacial score (nSPS) is 19.7. The molecule has 0 aromatic carbocycles. The minimum atomic E-state index is -0.697. The maximum Gasteiger partial charge on any atom is 0.347 e. The fraction of sp³-hybridized carbons (Fsp3) is 0.759. The Labute approximate surface area is 210 Å². The Balaban J connectivity index is 0.000000320. The number of fused-ring (bicyclic) bond motifs is 1. The Bertz CT molecular complexity index is 887. The van der Waals surface area contributed by atoms with Gasteiger partial charge in [0.25, 0.3) is 5.56 Å². The van der Waals surface area contributed by atoms with Crippen LogP contribution in [0.15, 0.2) is 4.79 Å². The molecule has 0 spiro atoms. The molecule has 0 radical (unpaired) electrons. The van der Waals surface area contributed by atoms with E-state index in [1.165, 1.54) is 38.5 Å². The molecule has 1 heterocycles. The van der Waals surface area contributed by atoms with Gasteiger partial charge in [0.1, 0.15) is 11.5 Å². The van der Waals surface area contributed by atoms with Crippen molar-refractivity contribution in [3.8, 4) is 5.75 Å². The Hall–Kier alpha value is -2.11. The fourth-order valence-corrected chi connectivity index (χ4v) is 5.81. The Morgan fingerprint density at radius 1 is 0.829 bits per heavy atom. The number of ether oxygens (including phenoxy) is 1. The van der Waals surface area contributed by atoms with Crippen molar-refractivity contribution in [3.05, 3.63) is 27.2 Å². The van der Waals surface area contributed by atoms with Crippen LogP contribution in [-0.2, 0) is 28.9 Å². The van der Waals surface area contributed by atoms with Gasteiger partial charge in [0.15, 0.2) is 5.56 Å². The average Bonchev–Trinajstić information content (AvgIpc) is 2.81. The van der Waals surface area contributed by atoms with Gasteiger partial charge in [0.05, 0.1) is 6.61 Å². The van der Waals surface area contributed by atoms with Crippen molar-refractivity contribution in [2.75, 3.05) is 6.61 Å². The molecule has 1 aromatic heterocycles. The predicted octanol–water partition coefficient (Wildman–Crippen LogP) is 6.27. The minimum Gasteiger partial charge on any atom is -0.506 e. The van der Waals surface area contributed by atoms with Crippen molar-refractivity contribution in [1.29, 1.82) is 0 Å². The molecule has 2 saturated carbocycles. The van der Waals surface area contributed by atoms with Gasteiger partial charge in [-0.3, -0.25) is 9.59 Å². The summed E-state index contributed by atoms with van der Waals surface area (Å²) in [5, 5.41) is 10.7. The van der Waals surface area contributed by atoms with E-state index in [1.54, 1.807) is 6.92 Å². The molecule has 0 aliphatic heterocycles. The first kappa shape index (κ1) is 27.5. The van der Waals surface area contributed by atoms with Crippen LogP contribution in [0.3, 0.4) is 0 Å². The minimum absolute atomic E-state index is 0.134. The number of Topliss-reactive ketones (excluding diaryl/α,β-unsaturated/α-hetero) is 1. The zero-order valence-electron chi connectivity index (χ0n) is 21.7. The van der Waals surface area contributed by atoms with Crippen molar-refractivity contribution < 1.29 is 19.4 Å². The Morgan fingerprint density at radius 3 is 2.00 bits per heavy atom. The maximum atomic E-state index is 13.2. The van der Waals surface area contributed by atoms with Crippen LogP contribution in [-0.4, -0.2) is 28.0 Å². The zero-order valence-corrected chi connectivity index (χ0v) is 21.7. The van der Waals surface area contributed by atoms with E-state index in [0.717, 1.165) is 88.3 Å². The summed E-state index contributed by atoms with van der Waals surface area (Å²) in [6.45, 7) is 2.56. The van der Waals surface area contributed by atoms with Crippen LogP contribution in [0.4, 0.5) is 0 Å². The molecule has 2 fully saturated rings. The van der Waals surface area contributed by atoms with Crippen molar-refractivity contribution in [2.45, 2.75) is 129 Å². The molecule has 196 valence electrons. The number of nitrogens with zero attached hydrogens (tertiary/aromatic N) is 1. The molecule has 0 unspecified atom stereocenters. The average molecular weight is 488 g/mol. The smallest absolute Gasteiger partial charge is 0.347 e. The van der Waals surface area contributed by atoms with Crippen LogP contribution in [0.5, 0.6) is 5.75 Å². The van der Waals surface area contributed by atoms with E-state index in [-0.39, 0.29) is 23.5 Å². The SMILES string of the molecule is CCOC(=O)c1c(O)c2c(n(CC3CCCCC3)c1=O)CCCCCC2.O=C1CCCCCCC1. The van der Waals surface area contributed by atoms with Gasteiger partial charge >= 0.3 is 5.97 Å². The predicted molar refractivity (Wildman–Crippen MR) is 138 cm³/mol. The number of rotatable bonds is 4. The van der Waals surface area contributed by atoms with Crippen LogP contribution in [0, 0.1) is 5.92 Å². The van der Waals surface area contributed by atoms with Gasteiger partial charge in [-0.25, -0.2) is 4.79 Å². The lowest BCUT2D eigenvalue weighted by Gasteiger charge is -2.27. The van der Waals surface area contributed by atoms with E-state index in [1.807, 2.05) is 4.57 Å². The van der Waals surface area contributed by atoms with E-state index in [0.29, 0.717) is 18.2 Å². The van der Waals surface area contributed by atoms with Crippen molar-refractivity contribution in [1.82, 2.24) is 4.57 Å². The lowest BCUT2D eigenvalue weighted by molar-refractivity contribution is -0.119. The zero-order chi connectivity index (χ0) is 25.0. The third-order valence-corrected chi connectivity index (χ3v) is 7.80. The molecule has 35 heavy (non-hydrogen) atoms. The number of hydrogen-bond acceptors (Lipinski definition) is 5. The lowest BCUT2D eigenvalue weighted by atomic mass is 9.88. The van der Waals surface area contributed by atoms with Gasteiger partial charge < -0.3 is 14.4 Å². The maximum absolute atomic E-state index is 13.2. The molecule has 1 aromatic rings. The highest BCUT2D eigenvalue weighted by atomic mass is 16.5. The van der Waals surface area contributed by atoms with Crippen LogP contribution in [0.2, 0.25) is 0 Å². The van der Waals surface area contributed by atoms with Gasteiger partial charge in [0.2, 0.25) is 0 Å². The molecular weight excluding hydrogens is 442 g/mol. The van der Waals surface area contributed by atoms with E-state index in [9.17, 15) is 19.5 Å². The summed E-state index contributed by atoms with van der Waals surface area (Å²) in [4.78, 5) is 36.4. The molecule has 0 atom stereocenters. The first-order chi connectivity index (χ1) is 17.0. The molecule has 1 N–H and O–H groups in total. The molecule has 6 heteroatoms. The number of hydrogen-bond donors (Lipinski definition) is 1. The Morgan fingerprint density at radius 2 is 1.37 bits per heavy atom. The van der Waals surface area contributed by atoms with Gasteiger partial charge in [0, 0.05) is 30.6 Å². The van der Waals surface area contributed by atoms with Gasteiger partial charge in [-0.1, -0.05) is 51.4 Å². The van der Waals surface area contributed by atoms with Crippen LogP contribution in [0.25, 0.3) is 0 Å². The quantitative estimate of drug-likeness (QED) is 0.506. The van der Waals surface area contributed by atoms with E-state index in [2.05, 4.69) is 0 Å². The van der Waals surface area contributed by atoms with E-state index in [4.69, 9.17) is 4.74 Å². The third kappa shape index (κ3) is 7.94. The van der Waals surface area contributed by atoms with Crippen molar-refractivity contribution >= 4 is 11.8 Å². The second-order valence-electron chi connectivity index (χ2n) is 10.5. The lowest BCUT2D eigenvalue weighted by Crippen LogP contribution is -2.34. The molecule has 4 rings (SSSR count). The molecule has 0 saturated heterocycles. The number of carbonyl (C=O) groups excluding carboxylic acids is 2.